The number of nitrogens with one attached hydrogen (secondary N) is 1. The van der Waals surface area contributed by atoms with Crippen molar-refractivity contribution in [2.45, 2.75) is 25.7 Å². The molecule has 3 nitrogen and oxygen atoms in total. The van der Waals surface area contributed by atoms with Crippen molar-refractivity contribution in [3.63, 3.8) is 0 Å². The molecular formula is C6H13NO2S. The molecule has 0 radical (unpaired) electrons. The highest BCUT2D eigenvalue weighted by Crippen LogP contribution is 2.04. The third kappa shape index (κ3) is 2.66. The summed E-state index contributed by atoms with van der Waals surface area (Å²) >= 11 is 0. The third-order valence-electron chi connectivity index (χ3n) is 1.66. The topological polar surface area (TPSA) is 46.2 Å². The first-order valence-corrected chi connectivity index (χ1v) is 5.33. The molecule has 0 saturated carbocycles. The molecule has 1 fully saturated rings. The first-order chi connectivity index (χ1) is 4.71. The van der Waals surface area contributed by atoms with Gasteiger partial charge < -0.3 is 0 Å². The molecule has 1 rings (SSSR count). The Morgan fingerprint density at radius 2 is 1.70 bits per heavy atom. The predicted octanol–water partition coefficient (Wildman–Crippen LogP) is 0.480. The molecule has 4 heteroatoms. The van der Waals surface area contributed by atoms with E-state index < -0.39 is 10.0 Å². The monoisotopic (exact) mass is 163 g/mol. The highest BCUT2D eigenvalue weighted by molar-refractivity contribution is 7.89. The summed E-state index contributed by atoms with van der Waals surface area (Å²) in [6, 6.07) is 0. The molecule has 1 aliphatic rings. The summed E-state index contributed by atoms with van der Waals surface area (Å²) in [4.78, 5) is 0. The molecule has 0 atom stereocenters. The molecule has 1 aliphatic heterocycles. The van der Waals surface area contributed by atoms with Crippen LogP contribution < -0.4 is 4.72 Å². The van der Waals surface area contributed by atoms with Gasteiger partial charge in [-0.05, 0) is 12.8 Å². The molecule has 0 amide bonds. The molecule has 0 aromatic rings. The Hall–Kier alpha value is -0.0900. The van der Waals surface area contributed by atoms with E-state index in [4.69, 9.17) is 0 Å². The molecule has 0 aliphatic carbocycles. The Morgan fingerprint density at radius 3 is 2.50 bits per heavy atom. The molecule has 1 N–H and O–H groups in total. The minimum absolute atomic E-state index is 0.312. The maximum Gasteiger partial charge on any atom is 0.211 e. The van der Waals surface area contributed by atoms with Crippen LogP contribution in [0.2, 0.25) is 0 Å². The van der Waals surface area contributed by atoms with Gasteiger partial charge in [-0.15, -0.1) is 0 Å². The minimum atomic E-state index is -2.89. The maximum atomic E-state index is 10.9. The smallest absolute Gasteiger partial charge is 0.211 e. The van der Waals surface area contributed by atoms with Crippen molar-refractivity contribution in [3.05, 3.63) is 0 Å². The van der Waals surface area contributed by atoms with E-state index in [9.17, 15) is 8.42 Å². The summed E-state index contributed by atoms with van der Waals surface area (Å²) in [7, 11) is -2.89. The largest absolute Gasteiger partial charge is 0.215 e. The lowest BCUT2D eigenvalue weighted by Crippen LogP contribution is -2.28. The van der Waals surface area contributed by atoms with Crippen LogP contribution in [0.3, 0.4) is 0 Å². The molecule has 0 aromatic heterocycles. The second kappa shape index (κ2) is 3.34. The average molecular weight is 163 g/mol. The van der Waals surface area contributed by atoms with Gasteiger partial charge in [0.05, 0.1) is 5.75 Å². The molecule has 0 spiro atoms. The Balaban J connectivity index is 2.46. The van der Waals surface area contributed by atoms with Crippen molar-refractivity contribution < 1.29 is 8.42 Å². The number of hydrogen-bond donors (Lipinski definition) is 1. The van der Waals surface area contributed by atoms with Gasteiger partial charge in [0.25, 0.3) is 0 Å². The summed E-state index contributed by atoms with van der Waals surface area (Å²) < 4.78 is 24.4. The van der Waals surface area contributed by atoms with Crippen LogP contribution in [-0.4, -0.2) is 20.7 Å². The van der Waals surface area contributed by atoms with E-state index in [1.807, 2.05) is 0 Å². The van der Waals surface area contributed by atoms with Gasteiger partial charge >= 0.3 is 0 Å². The van der Waals surface area contributed by atoms with Gasteiger partial charge in [-0.3, -0.25) is 0 Å². The quantitative estimate of drug-likeness (QED) is 0.564. The van der Waals surface area contributed by atoms with E-state index >= 15 is 0 Å². The zero-order valence-electron chi connectivity index (χ0n) is 5.97. The molecule has 10 heavy (non-hydrogen) atoms. The van der Waals surface area contributed by atoms with Crippen molar-refractivity contribution >= 4 is 10.0 Å². The summed E-state index contributed by atoms with van der Waals surface area (Å²) in [5.74, 6) is 0.312. The molecular weight excluding hydrogens is 150 g/mol. The van der Waals surface area contributed by atoms with Crippen molar-refractivity contribution in [1.29, 1.82) is 0 Å². The Morgan fingerprint density at radius 1 is 1.00 bits per heavy atom. The van der Waals surface area contributed by atoms with Crippen LogP contribution in [0.5, 0.6) is 0 Å². The first-order valence-electron chi connectivity index (χ1n) is 3.68. The second-order valence-electron chi connectivity index (χ2n) is 2.63. The molecule has 1 saturated heterocycles. The minimum Gasteiger partial charge on any atom is -0.215 e. The summed E-state index contributed by atoms with van der Waals surface area (Å²) in [6.07, 6.45) is 4.01. The molecule has 0 unspecified atom stereocenters. The van der Waals surface area contributed by atoms with Crippen LogP contribution in [0, 0.1) is 0 Å². The van der Waals surface area contributed by atoms with Crippen molar-refractivity contribution in [2.75, 3.05) is 12.3 Å². The standard InChI is InChI=1S/C6H13NO2S/c8-10(9)6-4-2-1-3-5-7-10/h7H,1-6H2. The van der Waals surface area contributed by atoms with E-state index in [0.717, 1.165) is 25.7 Å². The lowest BCUT2D eigenvalue weighted by molar-refractivity contribution is 0.555. The van der Waals surface area contributed by atoms with Crippen LogP contribution in [0.15, 0.2) is 0 Å². The molecule has 0 aromatic carbocycles. The normalized spacial score (nSPS) is 26.8. The van der Waals surface area contributed by atoms with Crippen molar-refractivity contribution in [2.24, 2.45) is 0 Å². The third-order valence-corrected chi connectivity index (χ3v) is 3.13. The van der Waals surface area contributed by atoms with E-state index in [-0.39, 0.29) is 0 Å². The van der Waals surface area contributed by atoms with E-state index in [1.54, 1.807) is 0 Å². The summed E-state index contributed by atoms with van der Waals surface area (Å²) in [5.41, 5.74) is 0. The molecule has 0 bridgehead atoms. The average Bonchev–Trinajstić information content (AvgIpc) is 1.81. The van der Waals surface area contributed by atoms with Gasteiger partial charge in [-0.1, -0.05) is 12.8 Å². The van der Waals surface area contributed by atoms with Gasteiger partial charge in [0.15, 0.2) is 0 Å². The maximum absolute atomic E-state index is 10.9. The number of rotatable bonds is 0. The van der Waals surface area contributed by atoms with Gasteiger partial charge in [0.2, 0.25) is 10.0 Å². The fourth-order valence-corrected chi connectivity index (χ4v) is 2.25. The number of sulfonamides is 1. The molecule has 1 heterocycles. The van der Waals surface area contributed by atoms with E-state index in [0.29, 0.717) is 12.3 Å². The van der Waals surface area contributed by atoms with Gasteiger partial charge in [0.1, 0.15) is 0 Å². The fourth-order valence-electron chi connectivity index (χ4n) is 1.07. The van der Waals surface area contributed by atoms with Gasteiger partial charge in [-0.25, -0.2) is 13.1 Å². The highest BCUT2D eigenvalue weighted by atomic mass is 32.2. The fraction of sp³-hybridized carbons (Fsp3) is 1.00. The van der Waals surface area contributed by atoms with Crippen molar-refractivity contribution in [3.8, 4) is 0 Å². The first kappa shape index (κ1) is 8.01. The van der Waals surface area contributed by atoms with Crippen LogP contribution in [0.1, 0.15) is 25.7 Å². The van der Waals surface area contributed by atoms with Gasteiger partial charge in [-0.2, -0.15) is 0 Å². The SMILES string of the molecule is O=S1(=O)CCCCCCN1. The molecule has 60 valence electrons. The van der Waals surface area contributed by atoms with Crippen LogP contribution in [0.4, 0.5) is 0 Å². The van der Waals surface area contributed by atoms with E-state index in [2.05, 4.69) is 4.72 Å². The van der Waals surface area contributed by atoms with Crippen LogP contribution in [-0.2, 0) is 10.0 Å². The second-order valence-corrected chi connectivity index (χ2v) is 4.55. The van der Waals surface area contributed by atoms with Crippen LogP contribution >= 0.6 is 0 Å². The Labute approximate surface area is 61.9 Å². The Kier molecular flexibility index (Phi) is 2.68. The lowest BCUT2D eigenvalue weighted by atomic mass is 10.2. The highest BCUT2D eigenvalue weighted by Gasteiger charge is 2.10. The summed E-state index contributed by atoms with van der Waals surface area (Å²) in [5, 5.41) is 0. The van der Waals surface area contributed by atoms with E-state index in [1.165, 1.54) is 0 Å². The summed E-state index contributed by atoms with van der Waals surface area (Å²) in [6.45, 7) is 0.627. The zero-order chi connectivity index (χ0) is 7.45. The predicted molar refractivity (Wildman–Crippen MR) is 40.3 cm³/mol. The van der Waals surface area contributed by atoms with Crippen molar-refractivity contribution in [1.82, 2.24) is 4.72 Å². The van der Waals surface area contributed by atoms with Gasteiger partial charge in [0, 0.05) is 6.54 Å². The number of hydrogen-bond acceptors (Lipinski definition) is 2. The zero-order valence-corrected chi connectivity index (χ0v) is 6.78. The Bertz CT molecular complexity index is 172. The lowest BCUT2D eigenvalue weighted by Gasteiger charge is -2.09. The van der Waals surface area contributed by atoms with Crippen LogP contribution in [0.25, 0.3) is 0 Å².